The molecule has 5 N–H and O–H groups in total. The van der Waals surface area contributed by atoms with Gasteiger partial charge in [-0.3, -0.25) is 9.11 Å². The smallest absolute Gasteiger partial charge is 0.393 e. The second-order valence-electron chi connectivity index (χ2n) is 13.5. The highest BCUT2D eigenvalue weighted by Gasteiger charge is 2.61. The number of rotatable bonds is 7. The lowest BCUT2D eigenvalue weighted by Crippen LogP contribution is -2.61. The molecule has 242 valence electrons. The number of hydrogen-bond acceptors (Lipinski definition) is 11. The van der Waals surface area contributed by atoms with E-state index in [1.54, 1.807) is 0 Å². The lowest BCUT2D eigenvalue weighted by molar-refractivity contribution is -0.312. The summed E-state index contributed by atoms with van der Waals surface area (Å²) in [4.78, 5) is 0. The number of fused-ring (bicyclic) bond motifs is 5. The minimum atomic E-state index is -4.94. The second-order valence-corrected chi connectivity index (χ2v) is 15.6. The van der Waals surface area contributed by atoms with E-state index in [2.05, 4.69) is 24.1 Å². The molecule has 1 heterocycles. The summed E-state index contributed by atoms with van der Waals surface area (Å²) in [5.41, 5.74) is 0.747. The van der Waals surface area contributed by atoms with Gasteiger partial charge in [0.15, 0.2) is 6.29 Å². The molecule has 14 atom stereocenters. The van der Waals surface area contributed by atoms with Gasteiger partial charge in [-0.2, -0.15) is 16.8 Å². The number of allylic oxidation sites excluding steroid dienone is 2. The van der Waals surface area contributed by atoms with Gasteiger partial charge >= 0.3 is 20.8 Å². The van der Waals surface area contributed by atoms with Gasteiger partial charge in [0.1, 0.15) is 18.3 Å². The van der Waals surface area contributed by atoms with E-state index < -0.39 is 75.2 Å². The quantitative estimate of drug-likeness (QED) is 0.199. The van der Waals surface area contributed by atoms with Crippen LogP contribution < -0.4 is 0 Å². The third-order valence-electron chi connectivity index (χ3n) is 11.2. The molecule has 1 aliphatic heterocycles. The van der Waals surface area contributed by atoms with Crippen LogP contribution in [0.3, 0.4) is 0 Å². The first-order valence-corrected chi connectivity index (χ1v) is 17.4. The first-order chi connectivity index (χ1) is 19.3. The zero-order chi connectivity index (χ0) is 31.0. The Morgan fingerprint density at radius 2 is 1.64 bits per heavy atom. The van der Waals surface area contributed by atoms with E-state index in [4.69, 9.17) is 18.2 Å². The molecule has 4 unspecified atom stereocenters. The van der Waals surface area contributed by atoms with Crippen LogP contribution >= 0.6 is 0 Å². The van der Waals surface area contributed by atoms with E-state index in [-0.39, 0.29) is 35.5 Å². The van der Waals surface area contributed by atoms with Gasteiger partial charge in [0.25, 0.3) is 0 Å². The predicted octanol–water partition coefficient (Wildman–Crippen LogP) is 1.78. The maximum Gasteiger partial charge on any atom is 0.397 e. The molecule has 13 nitrogen and oxygen atoms in total. The largest absolute Gasteiger partial charge is 0.397 e. The number of hydrogen-bond donors (Lipinski definition) is 5. The fourth-order valence-corrected chi connectivity index (χ4v) is 10.4. The molecule has 1 saturated heterocycles. The normalized spacial score (nSPS) is 48.5. The maximum absolute atomic E-state index is 11.6. The van der Waals surface area contributed by atoms with Crippen molar-refractivity contribution in [3.8, 4) is 0 Å². The van der Waals surface area contributed by atoms with Crippen LogP contribution in [0.4, 0.5) is 0 Å². The van der Waals surface area contributed by atoms with Crippen LogP contribution in [0.1, 0.15) is 72.6 Å². The fourth-order valence-electron chi connectivity index (χ4n) is 9.31. The SMILES string of the molecule is C[C@@H](O)C1CCC2C3C[C@H](O[C@@H]4O[C@H](C)[C@@H](OS(=O)(=O)O)[C@H](O)[C@H]4O)C4C[C@@H](OS(=O)(=O)O)CC[C@]4(C)C3=CC[C@@]21C. The van der Waals surface area contributed by atoms with Gasteiger partial charge in [-0.25, -0.2) is 8.37 Å². The highest BCUT2D eigenvalue weighted by Crippen LogP contribution is 2.66. The maximum atomic E-state index is 11.6. The molecule has 0 bridgehead atoms. The van der Waals surface area contributed by atoms with Crippen molar-refractivity contribution in [3.05, 3.63) is 11.6 Å². The Balaban J connectivity index is 1.46. The summed E-state index contributed by atoms with van der Waals surface area (Å²) in [6.07, 6.45) is -2.64. The van der Waals surface area contributed by atoms with Gasteiger partial charge in [-0.15, -0.1) is 0 Å². The molecule has 0 radical (unpaired) electrons. The van der Waals surface area contributed by atoms with Gasteiger partial charge in [-0.1, -0.05) is 25.5 Å². The van der Waals surface area contributed by atoms with Gasteiger partial charge in [-0.05, 0) is 93.3 Å². The molecular formula is C27H44O13S2. The van der Waals surface area contributed by atoms with Crippen molar-refractivity contribution in [2.75, 3.05) is 0 Å². The minimum absolute atomic E-state index is 0.0940. The molecular weight excluding hydrogens is 596 g/mol. The molecule has 0 aromatic heterocycles. The summed E-state index contributed by atoms with van der Waals surface area (Å²) in [6.45, 7) is 7.62. The van der Waals surface area contributed by atoms with Crippen molar-refractivity contribution in [1.29, 1.82) is 0 Å². The summed E-state index contributed by atoms with van der Waals surface area (Å²) in [6, 6.07) is 0. The van der Waals surface area contributed by atoms with Crippen molar-refractivity contribution < 1.29 is 59.1 Å². The molecule has 15 heteroatoms. The molecule has 0 aromatic rings. The van der Waals surface area contributed by atoms with E-state index >= 15 is 0 Å². The summed E-state index contributed by atoms with van der Waals surface area (Å²) >= 11 is 0. The van der Waals surface area contributed by atoms with Gasteiger partial charge < -0.3 is 24.8 Å². The highest BCUT2D eigenvalue weighted by atomic mass is 32.3. The average Bonchev–Trinajstić information content (AvgIpc) is 3.22. The molecule has 5 rings (SSSR count). The Hall–Kier alpha value is -0.720. The topological polar surface area (TPSA) is 206 Å². The van der Waals surface area contributed by atoms with E-state index in [1.165, 1.54) is 12.5 Å². The third kappa shape index (κ3) is 5.96. The summed E-state index contributed by atoms with van der Waals surface area (Å²) in [5, 5.41) is 32.2. The highest BCUT2D eigenvalue weighted by molar-refractivity contribution is 7.81. The van der Waals surface area contributed by atoms with Crippen LogP contribution in [-0.2, 0) is 38.6 Å². The van der Waals surface area contributed by atoms with Crippen molar-refractivity contribution in [2.24, 2.45) is 34.5 Å². The van der Waals surface area contributed by atoms with Crippen molar-refractivity contribution in [1.82, 2.24) is 0 Å². The first-order valence-electron chi connectivity index (χ1n) is 14.7. The van der Waals surface area contributed by atoms with Gasteiger partial charge in [0.05, 0.1) is 24.4 Å². The zero-order valence-electron chi connectivity index (χ0n) is 24.3. The lowest BCUT2D eigenvalue weighted by Gasteiger charge is -2.59. The van der Waals surface area contributed by atoms with E-state index in [1.807, 2.05) is 6.92 Å². The van der Waals surface area contributed by atoms with Gasteiger partial charge in [0.2, 0.25) is 0 Å². The number of ether oxygens (including phenoxy) is 2. The van der Waals surface area contributed by atoms with Crippen molar-refractivity contribution in [3.63, 3.8) is 0 Å². The average molecular weight is 641 g/mol. The van der Waals surface area contributed by atoms with Crippen LogP contribution in [0, 0.1) is 34.5 Å². The van der Waals surface area contributed by atoms with Crippen molar-refractivity contribution >= 4 is 20.8 Å². The summed E-state index contributed by atoms with van der Waals surface area (Å²) < 4.78 is 86.0. The van der Waals surface area contributed by atoms with E-state index in [0.29, 0.717) is 19.3 Å². The molecule has 0 amide bonds. The van der Waals surface area contributed by atoms with Crippen LogP contribution in [0.5, 0.6) is 0 Å². The molecule has 4 aliphatic carbocycles. The number of aliphatic hydroxyl groups is 3. The lowest BCUT2D eigenvalue weighted by atomic mass is 9.48. The summed E-state index contributed by atoms with van der Waals surface area (Å²) in [5.74, 6) is 0.204. The Labute approximate surface area is 247 Å². The molecule has 3 saturated carbocycles. The standard InChI is InChI=1S/C27H44O13S2/c1-13(28)17-5-6-18-16-12-21(38-25-23(30)22(29)24(14(2)37-25)40-42(34,35)36)20-11-15(39-41(31,32)33)7-9-27(20,4)19(16)8-10-26(17,18)3/h8,13-18,20-25,28-30H,5-7,9-12H2,1-4H3,(H,31,32,33)(H,34,35,36)/t13-,14-,15+,16?,17?,18?,20?,21+,22-,23-,24-,25+,26-,27-/m1/s1. The van der Waals surface area contributed by atoms with Crippen LogP contribution in [0.2, 0.25) is 0 Å². The Morgan fingerprint density at radius 1 is 0.976 bits per heavy atom. The monoisotopic (exact) mass is 640 g/mol. The molecule has 5 aliphatic rings. The second kappa shape index (κ2) is 11.3. The first kappa shape index (κ1) is 32.7. The fraction of sp³-hybridized carbons (Fsp3) is 0.926. The van der Waals surface area contributed by atoms with E-state index in [9.17, 15) is 36.7 Å². The minimum Gasteiger partial charge on any atom is -0.393 e. The molecule has 0 spiro atoms. The van der Waals surface area contributed by atoms with Crippen molar-refractivity contribution in [2.45, 2.75) is 122 Å². The van der Waals surface area contributed by atoms with Crippen LogP contribution in [-0.4, -0.2) is 90.3 Å². The number of aliphatic hydroxyl groups excluding tert-OH is 3. The Morgan fingerprint density at radius 3 is 2.26 bits per heavy atom. The molecule has 0 aromatic carbocycles. The van der Waals surface area contributed by atoms with Crippen LogP contribution in [0.15, 0.2) is 11.6 Å². The van der Waals surface area contributed by atoms with E-state index in [0.717, 1.165) is 19.3 Å². The van der Waals surface area contributed by atoms with Gasteiger partial charge in [0, 0.05) is 0 Å². The Bertz CT molecular complexity index is 1270. The zero-order valence-corrected chi connectivity index (χ0v) is 25.9. The third-order valence-corrected chi connectivity index (χ3v) is 12.2. The Kier molecular flexibility index (Phi) is 8.76. The summed E-state index contributed by atoms with van der Waals surface area (Å²) in [7, 11) is -9.63. The molecule has 42 heavy (non-hydrogen) atoms. The molecule has 4 fully saturated rings. The predicted molar refractivity (Wildman–Crippen MR) is 146 cm³/mol. The van der Waals surface area contributed by atoms with Crippen LogP contribution in [0.25, 0.3) is 0 Å².